The molecule has 1 saturated carbocycles. The van der Waals surface area contributed by atoms with Crippen molar-refractivity contribution in [1.82, 2.24) is 0 Å². The predicted molar refractivity (Wildman–Crippen MR) is 70.3 cm³/mol. The molecule has 2 rings (SSSR count). The molecule has 1 aromatic rings. The molecule has 1 aliphatic rings. The second kappa shape index (κ2) is 4.21. The lowest BCUT2D eigenvalue weighted by molar-refractivity contribution is 0.398. The lowest BCUT2D eigenvalue weighted by atomic mass is 9.89. The van der Waals surface area contributed by atoms with Crippen molar-refractivity contribution in [2.45, 2.75) is 31.2 Å². The molecule has 0 amide bonds. The summed E-state index contributed by atoms with van der Waals surface area (Å²) in [4.78, 5) is 0. The molecule has 2 nitrogen and oxygen atoms in total. The number of rotatable bonds is 3. The lowest BCUT2D eigenvalue weighted by Gasteiger charge is -2.23. The third-order valence-corrected chi connectivity index (χ3v) is 4.15. The Morgan fingerprint density at radius 2 is 2.12 bits per heavy atom. The van der Waals surface area contributed by atoms with Crippen molar-refractivity contribution < 1.29 is 4.74 Å². The van der Waals surface area contributed by atoms with Crippen LogP contribution in [0.1, 0.15) is 25.3 Å². The first-order valence-electron chi connectivity index (χ1n) is 5.30. The summed E-state index contributed by atoms with van der Waals surface area (Å²) >= 11 is 9.64. The minimum atomic E-state index is 0.0543. The van der Waals surface area contributed by atoms with Gasteiger partial charge in [0.1, 0.15) is 5.75 Å². The van der Waals surface area contributed by atoms with Gasteiger partial charge in [-0.25, -0.2) is 0 Å². The standard InChI is InChI=1S/C12H15BrClNO/c1-7(15)12(3-4-12)9-5-8(13)6-10(14)11(9)16-2/h5-7H,3-4,15H2,1-2H3. The molecule has 0 aromatic heterocycles. The molecule has 0 aliphatic heterocycles. The number of halogens is 2. The van der Waals surface area contributed by atoms with E-state index in [-0.39, 0.29) is 11.5 Å². The molecule has 1 fully saturated rings. The summed E-state index contributed by atoms with van der Waals surface area (Å²) in [6.07, 6.45) is 2.21. The van der Waals surface area contributed by atoms with Gasteiger partial charge in [0.2, 0.25) is 0 Å². The van der Waals surface area contributed by atoms with Gasteiger partial charge >= 0.3 is 0 Å². The van der Waals surface area contributed by atoms with Gasteiger partial charge in [-0.05, 0) is 31.9 Å². The quantitative estimate of drug-likeness (QED) is 0.928. The second-order valence-electron chi connectivity index (χ2n) is 4.41. The van der Waals surface area contributed by atoms with Gasteiger partial charge in [0, 0.05) is 21.5 Å². The highest BCUT2D eigenvalue weighted by molar-refractivity contribution is 9.10. The Labute approximate surface area is 109 Å². The minimum absolute atomic E-state index is 0.0543. The van der Waals surface area contributed by atoms with Crippen LogP contribution in [0.5, 0.6) is 5.75 Å². The molecule has 0 radical (unpaired) electrons. The molecular formula is C12H15BrClNO. The van der Waals surface area contributed by atoms with E-state index in [9.17, 15) is 0 Å². The fourth-order valence-electron chi connectivity index (χ4n) is 2.24. The topological polar surface area (TPSA) is 35.2 Å². The van der Waals surface area contributed by atoms with Crippen LogP contribution >= 0.6 is 27.5 Å². The molecule has 16 heavy (non-hydrogen) atoms. The minimum Gasteiger partial charge on any atom is -0.495 e. The predicted octanol–water partition coefficient (Wildman–Crippen LogP) is 3.49. The maximum atomic E-state index is 6.18. The first-order chi connectivity index (χ1) is 7.51. The van der Waals surface area contributed by atoms with Crippen molar-refractivity contribution >= 4 is 27.5 Å². The van der Waals surface area contributed by atoms with Gasteiger partial charge in [0.25, 0.3) is 0 Å². The Morgan fingerprint density at radius 1 is 1.50 bits per heavy atom. The Kier molecular flexibility index (Phi) is 3.21. The Balaban J connectivity index is 2.55. The molecule has 0 heterocycles. The van der Waals surface area contributed by atoms with E-state index in [4.69, 9.17) is 22.1 Å². The van der Waals surface area contributed by atoms with Crippen LogP contribution in [0.25, 0.3) is 0 Å². The molecule has 0 spiro atoms. The van der Waals surface area contributed by atoms with E-state index in [2.05, 4.69) is 22.0 Å². The monoisotopic (exact) mass is 303 g/mol. The molecule has 1 aliphatic carbocycles. The van der Waals surface area contributed by atoms with Crippen molar-refractivity contribution in [2.24, 2.45) is 5.73 Å². The molecule has 1 unspecified atom stereocenters. The Morgan fingerprint density at radius 3 is 2.56 bits per heavy atom. The maximum absolute atomic E-state index is 6.18. The molecule has 1 aromatic carbocycles. The molecular weight excluding hydrogens is 289 g/mol. The van der Waals surface area contributed by atoms with Gasteiger partial charge < -0.3 is 10.5 Å². The summed E-state index contributed by atoms with van der Waals surface area (Å²) in [5.41, 5.74) is 7.26. The van der Waals surface area contributed by atoms with Crippen LogP contribution in [0.3, 0.4) is 0 Å². The fourth-order valence-corrected chi connectivity index (χ4v) is 3.13. The molecule has 0 bridgehead atoms. The van der Waals surface area contributed by atoms with Gasteiger partial charge in [-0.15, -0.1) is 0 Å². The highest BCUT2D eigenvalue weighted by Gasteiger charge is 2.49. The zero-order valence-electron chi connectivity index (χ0n) is 9.39. The van der Waals surface area contributed by atoms with E-state index in [0.29, 0.717) is 5.02 Å². The highest BCUT2D eigenvalue weighted by Crippen LogP contribution is 2.55. The fraction of sp³-hybridized carbons (Fsp3) is 0.500. The third kappa shape index (κ3) is 1.85. The van der Waals surface area contributed by atoms with E-state index in [1.165, 1.54) is 0 Å². The normalized spacial score (nSPS) is 19.3. The second-order valence-corrected chi connectivity index (χ2v) is 5.74. The first-order valence-corrected chi connectivity index (χ1v) is 6.47. The summed E-state index contributed by atoms with van der Waals surface area (Å²) in [5.74, 6) is 0.764. The largest absolute Gasteiger partial charge is 0.495 e. The van der Waals surface area contributed by atoms with Crippen LogP contribution in [0.4, 0.5) is 0 Å². The summed E-state index contributed by atoms with van der Waals surface area (Å²) in [6.45, 7) is 2.04. The Hall–Kier alpha value is -0.250. The molecule has 88 valence electrons. The van der Waals surface area contributed by atoms with Gasteiger partial charge in [-0.1, -0.05) is 27.5 Å². The van der Waals surface area contributed by atoms with Crippen molar-refractivity contribution in [3.05, 3.63) is 27.2 Å². The third-order valence-electron chi connectivity index (χ3n) is 3.41. The van der Waals surface area contributed by atoms with E-state index in [1.807, 2.05) is 13.0 Å². The SMILES string of the molecule is COc1c(Cl)cc(Br)cc1C1(C(C)N)CC1. The summed E-state index contributed by atoms with van der Waals surface area (Å²) in [6, 6.07) is 4.04. The molecule has 0 saturated heterocycles. The zero-order chi connectivity index (χ0) is 11.9. The van der Waals surface area contributed by atoms with Crippen LogP contribution in [0, 0.1) is 0 Å². The number of hydrogen-bond acceptors (Lipinski definition) is 2. The van der Waals surface area contributed by atoms with Crippen LogP contribution in [0.2, 0.25) is 5.02 Å². The van der Waals surface area contributed by atoms with Gasteiger partial charge in [-0.2, -0.15) is 0 Å². The molecule has 4 heteroatoms. The van der Waals surface area contributed by atoms with Crippen LogP contribution in [-0.4, -0.2) is 13.2 Å². The van der Waals surface area contributed by atoms with Crippen molar-refractivity contribution in [3.63, 3.8) is 0 Å². The Bertz CT molecular complexity index is 416. The zero-order valence-corrected chi connectivity index (χ0v) is 11.7. The van der Waals surface area contributed by atoms with Crippen LogP contribution < -0.4 is 10.5 Å². The van der Waals surface area contributed by atoms with Crippen molar-refractivity contribution in [2.75, 3.05) is 7.11 Å². The summed E-state index contributed by atoms with van der Waals surface area (Å²) in [5, 5.41) is 0.638. The lowest BCUT2D eigenvalue weighted by Crippen LogP contribution is -2.32. The summed E-state index contributed by atoms with van der Waals surface area (Å²) < 4.78 is 6.37. The van der Waals surface area contributed by atoms with E-state index in [1.54, 1.807) is 7.11 Å². The number of nitrogens with two attached hydrogens (primary N) is 1. The van der Waals surface area contributed by atoms with Gasteiger partial charge in [-0.3, -0.25) is 0 Å². The maximum Gasteiger partial charge on any atom is 0.141 e. The van der Waals surface area contributed by atoms with Crippen molar-refractivity contribution in [1.29, 1.82) is 0 Å². The smallest absolute Gasteiger partial charge is 0.141 e. The number of methoxy groups -OCH3 is 1. The van der Waals surface area contributed by atoms with E-state index < -0.39 is 0 Å². The molecule has 2 N–H and O–H groups in total. The van der Waals surface area contributed by atoms with Crippen molar-refractivity contribution in [3.8, 4) is 5.75 Å². The number of hydrogen-bond donors (Lipinski definition) is 1. The average Bonchev–Trinajstić information content (AvgIpc) is 2.97. The van der Waals surface area contributed by atoms with Crippen LogP contribution in [0.15, 0.2) is 16.6 Å². The number of ether oxygens (including phenoxy) is 1. The van der Waals surface area contributed by atoms with Crippen LogP contribution in [-0.2, 0) is 5.41 Å². The average molecular weight is 305 g/mol. The molecule has 1 atom stereocenters. The number of benzene rings is 1. The highest BCUT2D eigenvalue weighted by atomic mass is 79.9. The van der Waals surface area contributed by atoms with Gasteiger partial charge in [0.05, 0.1) is 12.1 Å². The van der Waals surface area contributed by atoms with E-state index in [0.717, 1.165) is 28.6 Å². The summed E-state index contributed by atoms with van der Waals surface area (Å²) in [7, 11) is 1.65. The first kappa shape index (κ1) is 12.2. The van der Waals surface area contributed by atoms with Gasteiger partial charge in [0.15, 0.2) is 0 Å². The van der Waals surface area contributed by atoms with E-state index >= 15 is 0 Å².